The molecule has 0 fully saturated rings. The Morgan fingerprint density at radius 2 is 1.68 bits per heavy atom. The van der Waals surface area contributed by atoms with Gasteiger partial charge < -0.3 is 4.74 Å². The second-order valence-corrected chi connectivity index (χ2v) is 5.29. The van der Waals surface area contributed by atoms with Crippen LogP contribution in [0.5, 0.6) is 5.75 Å². The lowest BCUT2D eigenvalue weighted by Gasteiger charge is -2.05. The zero-order chi connectivity index (χ0) is 13.5. The molecule has 0 aliphatic heterocycles. The quantitative estimate of drug-likeness (QED) is 0.654. The molecule has 0 bridgehead atoms. The zero-order valence-electron chi connectivity index (χ0n) is 10.9. The zero-order valence-corrected chi connectivity index (χ0v) is 11.7. The lowest BCUT2D eigenvalue weighted by Crippen LogP contribution is -1.97. The molecule has 19 heavy (non-hydrogen) atoms. The monoisotopic (exact) mass is 271 g/mol. The number of thioether (sulfide) groups is 1. The van der Waals surface area contributed by atoms with Crippen LogP contribution in [0.3, 0.4) is 0 Å². The lowest BCUT2D eigenvalue weighted by molar-refractivity contribution is 0.414. The van der Waals surface area contributed by atoms with Gasteiger partial charge in [0, 0.05) is 12.2 Å². The summed E-state index contributed by atoms with van der Waals surface area (Å²) in [6.45, 7) is 0. The van der Waals surface area contributed by atoms with E-state index in [1.807, 2.05) is 42.5 Å². The van der Waals surface area contributed by atoms with Gasteiger partial charge in [0.15, 0.2) is 0 Å². The van der Waals surface area contributed by atoms with Gasteiger partial charge in [-0.05, 0) is 23.3 Å². The summed E-state index contributed by atoms with van der Waals surface area (Å²) in [4.78, 5) is 0. The summed E-state index contributed by atoms with van der Waals surface area (Å²) < 4.78 is 5.12. The molecule has 0 amide bonds. The van der Waals surface area contributed by atoms with Crippen molar-refractivity contribution in [3.8, 4) is 5.75 Å². The highest BCUT2D eigenvalue weighted by Crippen LogP contribution is 2.17. The number of methoxy groups -OCH3 is 1. The molecule has 0 atom stereocenters. The first-order chi connectivity index (χ1) is 9.28. The summed E-state index contributed by atoms with van der Waals surface area (Å²) in [7, 11) is 1.66. The normalized spacial score (nSPS) is 10.2. The van der Waals surface area contributed by atoms with E-state index in [0.29, 0.717) is 11.5 Å². The van der Waals surface area contributed by atoms with E-state index in [9.17, 15) is 0 Å². The van der Waals surface area contributed by atoms with Gasteiger partial charge in [-0.3, -0.25) is 5.41 Å². The fourth-order valence-corrected chi connectivity index (χ4v) is 2.53. The number of rotatable bonds is 5. The summed E-state index contributed by atoms with van der Waals surface area (Å²) in [6.07, 6.45) is 0.682. The second-order valence-electron chi connectivity index (χ2n) is 4.22. The molecular formula is C16H17NOS. The molecule has 0 saturated carbocycles. The third-order valence-corrected chi connectivity index (χ3v) is 3.75. The van der Waals surface area contributed by atoms with Crippen LogP contribution in [0.15, 0.2) is 54.6 Å². The maximum absolute atomic E-state index is 8.01. The first-order valence-electron chi connectivity index (χ1n) is 6.15. The van der Waals surface area contributed by atoms with E-state index in [-0.39, 0.29) is 0 Å². The number of nitrogens with one attached hydrogen (secondary N) is 1. The van der Waals surface area contributed by atoms with Crippen LogP contribution in [-0.2, 0) is 12.2 Å². The topological polar surface area (TPSA) is 33.1 Å². The molecule has 0 aliphatic carbocycles. The van der Waals surface area contributed by atoms with Crippen molar-refractivity contribution in [1.29, 1.82) is 5.41 Å². The van der Waals surface area contributed by atoms with Crippen LogP contribution in [0.1, 0.15) is 11.1 Å². The van der Waals surface area contributed by atoms with Crippen LogP contribution in [0.25, 0.3) is 0 Å². The van der Waals surface area contributed by atoms with Crippen LogP contribution in [0, 0.1) is 5.41 Å². The largest absolute Gasteiger partial charge is 0.497 e. The van der Waals surface area contributed by atoms with Gasteiger partial charge in [0.2, 0.25) is 0 Å². The van der Waals surface area contributed by atoms with Gasteiger partial charge in [-0.25, -0.2) is 0 Å². The molecule has 0 unspecified atom stereocenters. The molecule has 1 N–H and O–H groups in total. The summed E-state index contributed by atoms with van der Waals surface area (Å²) in [6, 6.07) is 18.1. The van der Waals surface area contributed by atoms with Crippen LogP contribution in [0.2, 0.25) is 0 Å². The minimum Gasteiger partial charge on any atom is -0.497 e. The summed E-state index contributed by atoms with van der Waals surface area (Å²) in [5.74, 6) is 1.71. The first-order valence-corrected chi connectivity index (χ1v) is 7.13. The molecule has 0 spiro atoms. The van der Waals surface area contributed by atoms with Gasteiger partial charge in [-0.15, -0.1) is 11.8 Å². The Labute approximate surface area is 118 Å². The fourth-order valence-electron chi connectivity index (χ4n) is 1.72. The van der Waals surface area contributed by atoms with Crippen LogP contribution in [-0.4, -0.2) is 12.2 Å². The van der Waals surface area contributed by atoms with Crippen molar-refractivity contribution in [1.82, 2.24) is 0 Å². The Balaban J connectivity index is 1.83. The van der Waals surface area contributed by atoms with Gasteiger partial charge in [0.25, 0.3) is 0 Å². The van der Waals surface area contributed by atoms with Crippen LogP contribution in [0.4, 0.5) is 0 Å². The highest BCUT2D eigenvalue weighted by atomic mass is 32.2. The van der Waals surface area contributed by atoms with Crippen molar-refractivity contribution in [3.63, 3.8) is 0 Å². The number of ether oxygens (including phenoxy) is 1. The molecule has 3 heteroatoms. The van der Waals surface area contributed by atoms with Gasteiger partial charge >= 0.3 is 0 Å². The SMILES string of the molecule is COc1ccc(CC(=N)SCc2ccccc2)cc1. The Morgan fingerprint density at radius 3 is 2.32 bits per heavy atom. The average Bonchev–Trinajstić information content (AvgIpc) is 2.47. The van der Waals surface area contributed by atoms with Gasteiger partial charge in [0.1, 0.15) is 5.75 Å². The molecule has 2 aromatic carbocycles. The number of hydrogen-bond acceptors (Lipinski definition) is 3. The van der Waals surface area contributed by atoms with E-state index < -0.39 is 0 Å². The molecule has 0 saturated heterocycles. The summed E-state index contributed by atoms with van der Waals surface area (Å²) in [5, 5.41) is 8.69. The standard InChI is InChI=1S/C16H17NOS/c1-18-15-9-7-13(8-10-15)11-16(17)19-12-14-5-3-2-4-6-14/h2-10,17H,11-12H2,1H3. The van der Waals surface area contributed by atoms with Gasteiger partial charge in [-0.2, -0.15) is 0 Å². The van der Waals surface area contributed by atoms with Crippen molar-refractivity contribution in [2.45, 2.75) is 12.2 Å². The maximum atomic E-state index is 8.01. The van der Waals surface area contributed by atoms with E-state index >= 15 is 0 Å². The Hall–Kier alpha value is -1.74. The van der Waals surface area contributed by atoms with E-state index in [0.717, 1.165) is 17.1 Å². The first kappa shape index (κ1) is 13.7. The minimum absolute atomic E-state index is 0.682. The van der Waals surface area contributed by atoms with Crippen molar-refractivity contribution >= 4 is 16.8 Å². The molecule has 0 aliphatic rings. The average molecular weight is 271 g/mol. The molecule has 0 radical (unpaired) electrons. The van der Waals surface area contributed by atoms with Crippen molar-refractivity contribution in [2.75, 3.05) is 7.11 Å². The summed E-state index contributed by atoms with van der Waals surface area (Å²) in [5.41, 5.74) is 2.40. The Kier molecular flexibility index (Phi) is 5.04. The van der Waals surface area contributed by atoms with Crippen molar-refractivity contribution < 1.29 is 4.74 Å². The lowest BCUT2D eigenvalue weighted by atomic mass is 10.1. The van der Waals surface area contributed by atoms with Crippen molar-refractivity contribution in [2.24, 2.45) is 0 Å². The van der Waals surface area contributed by atoms with E-state index in [4.69, 9.17) is 10.1 Å². The molecule has 0 heterocycles. The van der Waals surface area contributed by atoms with E-state index in [1.54, 1.807) is 18.9 Å². The van der Waals surface area contributed by atoms with Gasteiger partial charge in [0.05, 0.1) is 12.2 Å². The molecular weight excluding hydrogens is 254 g/mol. The van der Waals surface area contributed by atoms with Gasteiger partial charge in [-0.1, -0.05) is 42.5 Å². The molecule has 2 nitrogen and oxygen atoms in total. The van der Waals surface area contributed by atoms with Crippen LogP contribution < -0.4 is 4.74 Å². The smallest absolute Gasteiger partial charge is 0.118 e. The molecule has 98 valence electrons. The predicted molar refractivity (Wildman–Crippen MR) is 82.2 cm³/mol. The Bertz CT molecular complexity index is 522. The van der Waals surface area contributed by atoms with Crippen molar-refractivity contribution in [3.05, 3.63) is 65.7 Å². The summed E-state index contributed by atoms with van der Waals surface area (Å²) >= 11 is 1.59. The second kappa shape index (κ2) is 7.00. The highest BCUT2D eigenvalue weighted by Gasteiger charge is 2.02. The third kappa shape index (κ3) is 4.45. The molecule has 0 aromatic heterocycles. The van der Waals surface area contributed by atoms with E-state index in [2.05, 4.69) is 12.1 Å². The minimum atomic E-state index is 0.682. The van der Waals surface area contributed by atoms with Crippen LogP contribution >= 0.6 is 11.8 Å². The predicted octanol–water partition coefficient (Wildman–Crippen LogP) is 4.15. The number of benzene rings is 2. The number of hydrogen-bond donors (Lipinski definition) is 1. The maximum Gasteiger partial charge on any atom is 0.118 e. The molecule has 2 rings (SSSR count). The Morgan fingerprint density at radius 1 is 1.00 bits per heavy atom. The molecule has 2 aromatic rings. The third-order valence-electron chi connectivity index (χ3n) is 2.78. The van der Waals surface area contributed by atoms with E-state index in [1.165, 1.54) is 5.56 Å². The fraction of sp³-hybridized carbons (Fsp3) is 0.188. The highest BCUT2D eigenvalue weighted by molar-refractivity contribution is 8.13.